The zero-order valence-electron chi connectivity index (χ0n) is 16.6. The van der Waals surface area contributed by atoms with Crippen molar-refractivity contribution < 1.29 is 4.92 Å². The summed E-state index contributed by atoms with van der Waals surface area (Å²) < 4.78 is 0. The summed E-state index contributed by atoms with van der Waals surface area (Å²) in [5, 5.41) is 16.5. The number of nitrogens with zero attached hydrogens (tertiary/aromatic N) is 2. The molecule has 5 rings (SSSR count). The first-order valence-electron chi connectivity index (χ1n) is 9.84. The van der Waals surface area contributed by atoms with Crippen molar-refractivity contribution in [3.8, 4) is 22.3 Å². The molecule has 0 aliphatic carbocycles. The predicted octanol–water partition coefficient (Wildman–Crippen LogP) is 6.32. The molecule has 0 bridgehead atoms. The van der Waals surface area contributed by atoms with Gasteiger partial charge >= 0.3 is 0 Å². The summed E-state index contributed by atoms with van der Waals surface area (Å²) in [6.45, 7) is 0. The van der Waals surface area contributed by atoms with Crippen molar-refractivity contribution in [2.24, 2.45) is 5.18 Å². The maximum atomic E-state index is 12.9. The molecule has 0 fully saturated rings. The van der Waals surface area contributed by atoms with Crippen LogP contribution in [0.25, 0.3) is 43.9 Å². The van der Waals surface area contributed by atoms with E-state index in [9.17, 15) is 19.8 Å². The fourth-order valence-electron chi connectivity index (χ4n) is 4.14. The molecule has 5 aromatic rings. The number of fused-ring (bicyclic) bond motifs is 3. The Balaban J connectivity index is 1.85. The Morgan fingerprint density at radius 3 is 2.28 bits per heavy atom. The van der Waals surface area contributed by atoms with E-state index in [0.717, 1.165) is 10.9 Å². The van der Waals surface area contributed by atoms with Crippen molar-refractivity contribution in [3.05, 3.63) is 110 Å². The number of nitro benzene ring substituents is 1. The first kappa shape index (κ1) is 19.3. The SMILES string of the molecule is O=Nc1ccccc1-c1ccc2c(c1)[nH]c(=O)c1cccc(-c3ccccc3[N+](=O)[O-])c12. The number of aromatic nitrogens is 1. The normalized spacial score (nSPS) is 11.0. The van der Waals surface area contributed by atoms with Crippen LogP contribution in [0.2, 0.25) is 0 Å². The summed E-state index contributed by atoms with van der Waals surface area (Å²) >= 11 is 0. The van der Waals surface area contributed by atoms with E-state index in [1.807, 2.05) is 18.2 Å². The van der Waals surface area contributed by atoms with E-state index in [4.69, 9.17) is 0 Å². The second-order valence-electron chi connectivity index (χ2n) is 7.33. The molecule has 0 aliphatic heterocycles. The van der Waals surface area contributed by atoms with Crippen molar-refractivity contribution in [3.63, 3.8) is 0 Å². The van der Waals surface area contributed by atoms with Crippen LogP contribution < -0.4 is 5.56 Å². The van der Waals surface area contributed by atoms with E-state index in [1.165, 1.54) is 6.07 Å². The van der Waals surface area contributed by atoms with Gasteiger partial charge in [0.25, 0.3) is 11.2 Å². The summed E-state index contributed by atoms with van der Waals surface area (Å²) in [7, 11) is 0. The average Bonchev–Trinajstić information content (AvgIpc) is 2.83. The smallest absolute Gasteiger partial charge is 0.277 e. The van der Waals surface area contributed by atoms with Crippen molar-refractivity contribution >= 4 is 33.1 Å². The molecule has 1 heterocycles. The number of hydrogen-bond donors (Lipinski definition) is 1. The van der Waals surface area contributed by atoms with Crippen LogP contribution in [0.5, 0.6) is 0 Å². The summed E-state index contributed by atoms with van der Waals surface area (Å²) in [5.41, 5.74) is 2.96. The quantitative estimate of drug-likeness (QED) is 0.159. The molecule has 0 atom stereocenters. The van der Waals surface area contributed by atoms with Gasteiger partial charge in [0, 0.05) is 33.3 Å². The topological polar surface area (TPSA) is 105 Å². The molecule has 154 valence electrons. The van der Waals surface area contributed by atoms with Crippen LogP contribution in [0, 0.1) is 15.0 Å². The number of H-pyrrole nitrogens is 1. The molecule has 7 heteroatoms. The second-order valence-corrected chi connectivity index (χ2v) is 7.33. The lowest BCUT2D eigenvalue weighted by atomic mass is 9.93. The largest absolute Gasteiger partial charge is 0.321 e. The molecular weight excluding hydrogens is 406 g/mol. The summed E-state index contributed by atoms with van der Waals surface area (Å²) in [6, 6.07) is 24.1. The van der Waals surface area contributed by atoms with Crippen LogP contribution in [-0.2, 0) is 0 Å². The number of nitrogens with one attached hydrogen (secondary N) is 1. The molecule has 0 saturated carbocycles. The molecule has 0 radical (unpaired) electrons. The van der Waals surface area contributed by atoms with Gasteiger partial charge in [-0.25, -0.2) is 0 Å². The number of para-hydroxylation sites is 1. The second kappa shape index (κ2) is 7.55. The first-order valence-corrected chi connectivity index (χ1v) is 9.84. The highest BCUT2D eigenvalue weighted by Crippen LogP contribution is 2.38. The van der Waals surface area contributed by atoms with Crippen molar-refractivity contribution in [1.29, 1.82) is 0 Å². The van der Waals surface area contributed by atoms with Crippen molar-refractivity contribution in [2.45, 2.75) is 0 Å². The maximum Gasteiger partial charge on any atom is 0.277 e. The molecule has 1 aromatic heterocycles. The van der Waals surface area contributed by atoms with Gasteiger partial charge in [-0.05, 0) is 40.6 Å². The van der Waals surface area contributed by atoms with Gasteiger partial charge in [-0.2, -0.15) is 0 Å². The Kier molecular flexibility index (Phi) is 4.56. The molecule has 0 aliphatic rings. The Morgan fingerprint density at radius 1 is 0.781 bits per heavy atom. The van der Waals surface area contributed by atoms with Crippen LogP contribution in [0.4, 0.5) is 11.4 Å². The number of nitroso groups, excluding NO2 is 1. The van der Waals surface area contributed by atoms with E-state index >= 15 is 0 Å². The van der Waals surface area contributed by atoms with Gasteiger partial charge in [0.1, 0.15) is 5.69 Å². The molecule has 0 unspecified atom stereocenters. The van der Waals surface area contributed by atoms with Gasteiger partial charge in [-0.3, -0.25) is 14.9 Å². The Bertz CT molecular complexity index is 1600. The van der Waals surface area contributed by atoms with E-state index < -0.39 is 4.92 Å². The highest BCUT2D eigenvalue weighted by Gasteiger charge is 2.19. The zero-order chi connectivity index (χ0) is 22.2. The molecular formula is C25H15N3O4. The average molecular weight is 421 g/mol. The van der Waals surface area contributed by atoms with Gasteiger partial charge < -0.3 is 4.98 Å². The fourth-order valence-corrected chi connectivity index (χ4v) is 4.14. The minimum Gasteiger partial charge on any atom is -0.321 e. The number of rotatable bonds is 4. The predicted molar refractivity (Wildman–Crippen MR) is 125 cm³/mol. The maximum absolute atomic E-state index is 12.9. The summed E-state index contributed by atoms with van der Waals surface area (Å²) in [4.78, 5) is 38.2. The molecule has 1 N–H and O–H groups in total. The zero-order valence-corrected chi connectivity index (χ0v) is 16.6. The summed E-state index contributed by atoms with van der Waals surface area (Å²) in [5.74, 6) is 0. The van der Waals surface area contributed by atoms with Gasteiger partial charge in [-0.1, -0.05) is 54.6 Å². The highest BCUT2D eigenvalue weighted by atomic mass is 16.6. The molecule has 4 aromatic carbocycles. The first-order chi connectivity index (χ1) is 15.6. The number of hydrogen-bond acceptors (Lipinski definition) is 5. The summed E-state index contributed by atoms with van der Waals surface area (Å²) in [6.07, 6.45) is 0. The number of pyridine rings is 1. The number of nitro groups is 1. The number of benzene rings is 4. The molecule has 7 nitrogen and oxygen atoms in total. The lowest BCUT2D eigenvalue weighted by Gasteiger charge is -2.12. The molecule has 0 amide bonds. The van der Waals surface area contributed by atoms with E-state index in [0.29, 0.717) is 38.7 Å². The Hall–Kier alpha value is -4.65. The lowest BCUT2D eigenvalue weighted by molar-refractivity contribution is -0.384. The Labute approximate surface area is 181 Å². The minimum absolute atomic E-state index is 0.0314. The van der Waals surface area contributed by atoms with Crippen LogP contribution >= 0.6 is 0 Å². The van der Waals surface area contributed by atoms with Crippen LogP contribution in [0.3, 0.4) is 0 Å². The van der Waals surface area contributed by atoms with E-state index in [-0.39, 0.29) is 11.2 Å². The van der Waals surface area contributed by atoms with Gasteiger partial charge in [0.15, 0.2) is 0 Å². The number of aromatic amines is 1. The molecule has 0 saturated heterocycles. The Morgan fingerprint density at radius 2 is 1.50 bits per heavy atom. The third kappa shape index (κ3) is 3.04. The van der Waals surface area contributed by atoms with Crippen LogP contribution in [0.15, 0.2) is 94.9 Å². The van der Waals surface area contributed by atoms with Crippen LogP contribution in [-0.4, -0.2) is 9.91 Å². The molecule has 32 heavy (non-hydrogen) atoms. The van der Waals surface area contributed by atoms with Crippen LogP contribution in [0.1, 0.15) is 0 Å². The fraction of sp³-hybridized carbons (Fsp3) is 0. The van der Waals surface area contributed by atoms with E-state index in [1.54, 1.807) is 60.7 Å². The third-order valence-corrected chi connectivity index (χ3v) is 5.55. The van der Waals surface area contributed by atoms with Gasteiger partial charge in [0.05, 0.1) is 10.5 Å². The monoisotopic (exact) mass is 421 g/mol. The minimum atomic E-state index is -0.426. The van der Waals surface area contributed by atoms with Gasteiger partial charge in [0.2, 0.25) is 0 Å². The van der Waals surface area contributed by atoms with E-state index in [2.05, 4.69) is 10.2 Å². The standard InChI is InChI=1S/C25H15N3O4/c29-25-20-9-5-8-18(17-7-2-4-11-23(17)28(31)32)24(20)19-13-12-15(14-22(19)26-25)16-6-1-3-10-21(16)27-30/h1-14H,(H,26,29). The van der Waals surface area contributed by atoms with Crippen molar-refractivity contribution in [1.82, 2.24) is 4.98 Å². The lowest BCUT2D eigenvalue weighted by Crippen LogP contribution is -2.07. The van der Waals surface area contributed by atoms with Gasteiger partial charge in [-0.15, -0.1) is 4.91 Å². The van der Waals surface area contributed by atoms with Crippen molar-refractivity contribution in [2.75, 3.05) is 0 Å². The third-order valence-electron chi connectivity index (χ3n) is 5.55. The molecule has 0 spiro atoms. The highest BCUT2D eigenvalue weighted by molar-refractivity contribution is 6.14.